The van der Waals surface area contributed by atoms with Gasteiger partial charge in [0, 0.05) is 19.6 Å². The second kappa shape index (κ2) is 8.66. The molecule has 128 valence electrons. The molecule has 5 heteroatoms. The van der Waals surface area contributed by atoms with Gasteiger partial charge in [-0.05, 0) is 37.1 Å². The minimum absolute atomic E-state index is 0.143. The van der Waals surface area contributed by atoms with Crippen LogP contribution in [0.3, 0.4) is 0 Å². The van der Waals surface area contributed by atoms with Gasteiger partial charge >= 0.3 is 0 Å². The lowest BCUT2D eigenvalue weighted by molar-refractivity contribution is -0.0303. The van der Waals surface area contributed by atoms with Gasteiger partial charge in [0.15, 0.2) is 5.76 Å². The molecule has 0 bridgehead atoms. The fourth-order valence-corrected chi connectivity index (χ4v) is 2.93. The van der Waals surface area contributed by atoms with Crippen molar-refractivity contribution >= 4 is 5.91 Å². The Morgan fingerprint density at radius 1 is 1.17 bits per heavy atom. The topological polar surface area (TPSA) is 54.7 Å². The van der Waals surface area contributed by atoms with Crippen molar-refractivity contribution < 1.29 is 13.9 Å². The van der Waals surface area contributed by atoms with Gasteiger partial charge < -0.3 is 14.5 Å². The molecule has 2 heterocycles. The fourth-order valence-electron chi connectivity index (χ4n) is 2.93. The van der Waals surface area contributed by atoms with Gasteiger partial charge in [0.1, 0.15) is 0 Å². The number of nitrogens with one attached hydrogen (secondary N) is 1. The van der Waals surface area contributed by atoms with Crippen molar-refractivity contribution in [2.24, 2.45) is 0 Å². The number of hydrogen-bond acceptors (Lipinski definition) is 4. The highest BCUT2D eigenvalue weighted by atomic mass is 16.5. The highest BCUT2D eigenvalue weighted by molar-refractivity contribution is 5.91. The number of unbranched alkanes of at least 4 members (excludes halogenated alkanes) is 1. The van der Waals surface area contributed by atoms with Crippen LogP contribution in [0.4, 0.5) is 0 Å². The van der Waals surface area contributed by atoms with E-state index in [-0.39, 0.29) is 12.0 Å². The molecule has 0 aliphatic carbocycles. The van der Waals surface area contributed by atoms with Crippen molar-refractivity contribution in [3.63, 3.8) is 0 Å². The Bertz CT molecular complexity index is 613. The Balaban J connectivity index is 1.34. The van der Waals surface area contributed by atoms with Crippen LogP contribution in [-0.2, 0) is 4.74 Å². The standard InChI is InChI=1S/C19H24N2O3/c22-19(17-9-6-13-23-17)20-10-4-5-11-21-12-14-24-18(15-21)16-7-2-1-3-8-16/h1-3,6-9,13,18H,4-5,10-12,14-15H2,(H,20,22). The lowest BCUT2D eigenvalue weighted by Gasteiger charge is -2.33. The molecule has 1 aromatic carbocycles. The zero-order valence-electron chi connectivity index (χ0n) is 13.8. The predicted molar refractivity (Wildman–Crippen MR) is 91.9 cm³/mol. The van der Waals surface area contributed by atoms with Gasteiger partial charge in [0.25, 0.3) is 5.91 Å². The van der Waals surface area contributed by atoms with E-state index in [0.717, 1.165) is 39.1 Å². The van der Waals surface area contributed by atoms with Crippen LogP contribution in [0.15, 0.2) is 53.1 Å². The summed E-state index contributed by atoms with van der Waals surface area (Å²) in [6.07, 6.45) is 3.69. The quantitative estimate of drug-likeness (QED) is 0.794. The van der Waals surface area contributed by atoms with Gasteiger partial charge in [0.05, 0.1) is 19.0 Å². The average Bonchev–Trinajstić information content (AvgIpc) is 3.17. The van der Waals surface area contributed by atoms with Crippen LogP contribution in [0.1, 0.15) is 35.1 Å². The van der Waals surface area contributed by atoms with Crippen LogP contribution in [-0.4, -0.2) is 43.6 Å². The summed E-state index contributed by atoms with van der Waals surface area (Å²) in [5.74, 6) is 0.226. The number of rotatable bonds is 7. The second-order valence-electron chi connectivity index (χ2n) is 6.01. The second-order valence-corrected chi connectivity index (χ2v) is 6.01. The first-order valence-corrected chi connectivity index (χ1v) is 8.53. The van der Waals surface area contributed by atoms with E-state index < -0.39 is 0 Å². The zero-order valence-corrected chi connectivity index (χ0v) is 13.8. The maximum atomic E-state index is 11.7. The summed E-state index contributed by atoms with van der Waals surface area (Å²) in [4.78, 5) is 14.2. The van der Waals surface area contributed by atoms with Gasteiger partial charge in [-0.3, -0.25) is 9.69 Å². The van der Waals surface area contributed by atoms with Crippen molar-refractivity contribution in [3.8, 4) is 0 Å². The maximum absolute atomic E-state index is 11.7. The van der Waals surface area contributed by atoms with Crippen LogP contribution in [0, 0.1) is 0 Å². The molecule has 1 atom stereocenters. The van der Waals surface area contributed by atoms with E-state index in [1.54, 1.807) is 12.1 Å². The summed E-state index contributed by atoms with van der Waals surface area (Å²) in [5.41, 5.74) is 1.24. The van der Waals surface area contributed by atoms with Gasteiger partial charge in [-0.2, -0.15) is 0 Å². The van der Waals surface area contributed by atoms with E-state index in [1.165, 1.54) is 11.8 Å². The third-order valence-corrected chi connectivity index (χ3v) is 4.25. The van der Waals surface area contributed by atoms with Gasteiger partial charge in [-0.25, -0.2) is 0 Å². The summed E-state index contributed by atoms with van der Waals surface area (Å²) in [6, 6.07) is 13.8. The summed E-state index contributed by atoms with van der Waals surface area (Å²) in [5, 5.41) is 2.88. The Kier molecular flexibility index (Phi) is 6.04. The first-order chi connectivity index (χ1) is 11.8. The summed E-state index contributed by atoms with van der Waals surface area (Å²) < 4.78 is 11.0. The highest BCUT2D eigenvalue weighted by Crippen LogP contribution is 2.21. The van der Waals surface area contributed by atoms with Crippen molar-refractivity contribution in [1.82, 2.24) is 10.2 Å². The molecule has 0 radical (unpaired) electrons. The van der Waals surface area contributed by atoms with Crippen molar-refractivity contribution in [2.45, 2.75) is 18.9 Å². The molecule has 1 fully saturated rings. The molecule has 5 nitrogen and oxygen atoms in total. The zero-order chi connectivity index (χ0) is 16.6. The number of hydrogen-bond donors (Lipinski definition) is 1. The first-order valence-electron chi connectivity index (χ1n) is 8.53. The van der Waals surface area contributed by atoms with E-state index in [2.05, 4.69) is 34.5 Å². The van der Waals surface area contributed by atoms with Crippen molar-refractivity contribution in [3.05, 3.63) is 60.1 Å². The summed E-state index contributed by atoms with van der Waals surface area (Å²) in [7, 11) is 0. The van der Waals surface area contributed by atoms with Crippen LogP contribution < -0.4 is 5.32 Å². The number of carbonyl (C=O) groups is 1. The van der Waals surface area contributed by atoms with Crippen LogP contribution in [0.25, 0.3) is 0 Å². The van der Waals surface area contributed by atoms with E-state index in [1.807, 2.05) is 6.07 Å². The largest absolute Gasteiger partial charge is 0.459 e. The molecule has 1 unspecified atom stereocenters. The van der Waals surface area contributed by atoms with Gasteiger partial charge in [-0.1, -0.05) is 30.3 Å². The molecular weight excluding hydrogens is 304 g/mol. The molecule has 1 aliphatic rings. The van der Waals surface area contributed by atoms with Crippen LogP contribution in [0.2, 0.25) is 0 Å². The number of morpholine rings is 1. The Labute approximate surface area is 142 Å². The molecule has 2 aromatic rings. The normalized spacial score (nSPS) is 18.4. The smallest absolute Gasteiger partial charge is 0.286 e. The molecule has 1 amide bonds. The first kappa shape index (κ1) is 16.7. The molecule has 1 aliphatic heterocycles. The molecule has 0 spiro atoms. The average molecular weight is 328 g/mol. The van der Waals surface area contributed by atoms with Gasteiger partial charge in [-0.15, -0.1) is 0 Å². The third kappa shape index (κ3) is 4.69. The molecule has 0 saturated carbocycles. The minimum atomic E-state index is -0.143. The van der Waals surface area contributed by atoms with E-state index in [9.17, 15) is 4.79 Å². The van der Waals surface area contributed by atoms with Gasteiger partial charge in [0.2, 0.25) is 0 Å². The number of nitrogens with zero attached hydrogens (tertiary/aromatic N) is 1. The minimum Gasteiger partial charge on any atom is -0.459 e. The van der Waals surface area contributed by atoms with E-state index in [4.69, 9.17) is 9.15 Å². The summed E-state index contributed by atoms with van der Waals surface area (Å²) >= 11 is 0. The number of carbonyl (C=O) groups excluding carboxylic acids is 1. The number of furan rings is 1. The number of benzene rings is 1. The molecule has 3 rings (SSSR count). The lowest BCUT2D eigenvalue weighted by Crippen LogP contribution is -2.39. The van der Waals surface area contributed by atoms with Crippen molar-refractivity contribution in [1.29, 1.82) is 0 Å². The third-order valence-electron chi connectivity index (χ3n) is 4.25. The van der Waals surface area contributed by atoms with Crippen LogP contribution >= 0.6 is 0 Å². The molecular formula is C19H24N2O3. The molecule has 1 saturated heterocycles. The lowest BCUT2D eigenvalue weighted by atomic mass is 10.1. The SMILES string of the molecule is O=C(NCCCCN1CCOC(c2ccccc2)C1)c1ccco1. The number of amides is 1. The molecule has 24 heavy (non-hydrogen) atoms. The summed E-state index contributed by atoms with van der Waals surface area (Å²) in [6.45, 7) is 4.38. The number of ether oxygens (including phenoxy) is 1. The molecule has 1 aromatic heterocycles. The Hall–Kier alpha value is -2.11. The predicted octanol–water partition coefficient (Wildman–Crippen LogP) is 2.86. The van der Waals surface area contributed by atoms with E-state index >= 15 is 0 Å². The highest BCUT2D eigenvalue weighted by Gasteiger charge is 2.21. The van der Waals surface area contributed by atoms with E-state index in [0.29, 0.717) is 12.3 Å². The monoisotopic (exact) mass is 328 g/mol. The Morgan fingerprint density at radius 3 is 2.83 bits per heavy atom. The fraction of sp³-hybridized carbons (Fsp3) is 0.421. The maximum Gasteiger partial charge on any atom is 0.286 e. The van der Waals surface area contributed by atoms with Crippen LogP contribution in [0.5, 0.6) is 0 Å². The molecule has 1 N–H and O–H groups in total. The van der Waals surface area contributed by atoms with Crippen molar-refractivity contribution in [2.75, 3.05) is 32.8 Å². The Morgan fingerprint density at radius 2 is 2.04 bits per heavy atom.